The summed E-state index contributed by atoms with van der Waals surface area (Å²) in [6.45, 7) is 0.837. The van der Waals surface area contributed by atoms with Crippen molar-refractivity contribution in [2.24, 2.45) is 0 Å². The minimum Gasteiger partial charge on any atom is -0.495 e. The van der Waals surface area contributed by atoms with Gasteiger partial charge in [-0.05, 0) is 11.6 Å². The molecule has 1 aliphatic heterocycles. The van der Waals surface area contributed by atoms with E-state index in [0.29, 0.717) is 12.3 Å². The van der Waals surface area contributed by atoms with Crippen LogP contribution >= 0.6 is 0 Å². The van der Waals surface area contributed by atoms with Crippen LogP contribution in [0.25, 0.3) is 0 Å². The van der Waals surface area contributed by atoms with Crippen molar-refractivity contribution in [1.29, 1.82) is 5.26 Å². The highest BCUT2D eigenvalue weighted by atomic mass is 16.5. The van der Waals surface area contributed by atoms with Gasteiger partial charge in [-0.1, -0.05) is 12.1 Å². The smallest absolute Gasteiger partial charge is 0.142 e. The van der Waals surface area contributed by atoms with Gasteiger partial charge in [0, 0.05) is 18.9 Å². The second-order valence-electron chi connectivity index (χ2n) is 3.36. The van der Waals surface area contributed by atoms with Crippen LogP contribution in [0.1, 0.15) is 17.9 Å². The highest BCUT2D eigenvalue weighted by molar-refractivity contribution is 5.66. The Kier molecular flexibility index (Phi) is 2.28. The molecule has 72 valence electrons. The Labute approximate surface area is 83.3 Å². The fraction of sp³-hybridized carbons (Fsp3) is 0.364. The number of rotatable bonds is 2. The number of para-hydroxylation sites is 1. The van der Waals surface area contributed by atoms with Gasteiger partial charge in [0.15, 0.2) is 0 Å². The summed E-state index contributed by atoms with van der Waals surface area (Å²) in [4.78, 5) is 0. The second kappa shape index (κ2) is 3.59. The van der Waals surface area contributed by atoms with Crippen molar-refractivity contribution in [3.63, 3.8) is 0 Å². The Balaban J connectivity index is 2.37. The maximum Gasteiger partial charge on any atom is 0.142 e. The average Bonchev–Trinajstić information content (AvgIpc) is 2.62. The fourth-order valence-corrected chi connectivity index (χ4v) is 1.88. The number of benzene rings is 1. The third-order valence-electron chi connectivity index (χ3n) is 2.58. The van der Waals surface area contributed by atoms with Gasteiger partial charge in [0.2, 0.25) is 0 Å². The van der Waals surface area contributed by atoms with Gasteiger partial charge in [-0.25, -0.2) is 0 Å². The molecule has 0 aliphatic carbocycles. The zero-order valence-corrected chi connectivity index (χ0v) is 8.08. The van der Waals surface area contributed by atoms with Crippen LogP contribution < -0.4 is 10.1 Å². The number of fused-ring (bicyclic) bond motifs is 1. The monoisotopic (exact) mass is 188 g/mol. The number of nitriles is 1. The Hall–Kier alpha value is -1.69. The molecule has 1 atom stereocenters. The van der Waals surface area contributed by atoms with Crippen molar-refractivity contribution in [3.8, 4) is 11.8 Å². The van der Waals surface area contributed by atoms with Crippen LogP contribution in [0.5, 0.6) is 5.75 Å². The van der Waals surface area contributed by atoms with Gasteiger partial charge < -0.3 is 10.1 Å². The van der Waals surface area contributed by atoms with Crippen molar-refractivity contribution < 1.29 is 4.74 Å². The summed E-state index contributed by atoms with van der Waals surface area (Å²) in [6, 6.07) is 8.16. The van der Waals surface area contributed by atoms with E-state index < -0.39 is 0 Å². The summed E-state index contributed by atoms with van der Waals surface area (Å²) < 4.78 is 5.24. The molecule has 1 aliphatic rings. The number of hydrogen-bond acceptors (Lipinski definition) is 3. The van der Waals surface area contributed by atoms with E-state index >= 15 is 0 Å². The Morgan fingerprint density at radius 3 is 3.21 bits per heavy atom. The molecule has 1 unspecified atom stereocenters. The first-order valence-electron chi connectivity index (χ1n) is 4.64. The molecule has 14 heavy (non-hydrogen) atoms. The molecule has 3 heteroatoms. The standard InChI is InChI=1S/C11H12N2O/c1-14-10-4-2-3-9-8(5-6-12)7-13-11(9)10/h2-4,8,13H,5,7H2,1H3. The van der Waals surface area contributed by atoms with E-state index in [2.05, 4.69) is 17.5 Å². The lowest BCUT2D eigenvalue weighted by atomic mass is 9.98. The van der Waals surface area contributed by atoms with E-state index in [0.717, 1.165) is 18.0 Å². The lowest BCUT2D eigenvalue weighted by Gasteiger charge is -2.07. The van der Waals surface area contributed by atoms with Crippen molar-refractivity contribution in [2.75, 3.05) is 19.0 Å². The molecule has 1 aromatic carbocycles. The summed E-state index contributed by atoms with van der Waals surface area (Å²) in [5.74, 6) is 1.17. The molecule has 0 aromatic heterocycles. The first kappa shape index (κ1) is 8.89. The fourth-order valence-electron chi connectivity index (χ4n) is 1.88. The molecule has 0 bridgehead atoms. The molecule has 1 heterocycles. The van der Waals surface area contributed by atoms with Crippen molar-refractivity contribution in [3.05, 3.63) is 23.8 Å². The topological polar surface area (TPSA) is 45.0 Å². The summed E-state index contributed by atoms with van der Waals surface area (Å²) >= 11 is 0. The first-order chi connectivity index (χ1) is 6.86. The largest absolute Gasteiger partial charge is 0.495 e. The summed E-state index contributed by atoms with van der Waals surface area (Å²) in [6.07, 6.45) is 0.563. The van der Waals surface area contributed by atoms with Gasteiger partial charge >= 0.3 is 0 Å². The van der Waals surface area contributed by atoms with Gasteiger partial charge in [0.1, 0.15) is 5.75 Å². The maximum atomic E-state index is 8.67. The average molecular weight is 188 g/mol. The number of nitrogens with zero attached hydrogens (tertiary/aromatic N) is 1. The van der Waals surface area contributed by atoms with Crippen LogP contribution in [-0.4, -0.2) is 13.7 Å². The van der Waals surface area contributed by atoms with Crippen molar-refractivity contribution in [1.82, 2.24) is 0 Å². The summed E-state index contributed by atoms with van der Waals surface area (Å²) in [7, 11) is 1.66. The van der Waals surface area contributed by atoms with Crippen molar-refractivity contribution >= 4 is 5.69 Å². The Morgan fingerprint density at radius 1 is 1.64 bits per heavy atom. The zero-order valence-electron chi connectivity index (χ0n) is 8.08. The van der Waals surface area contributed by atoms with E-state index in [-0.39, 0.29) is 0 Å². The third-order valence-corrected chi connectivity index (χ3v) is 2.58. The Bertz CT molecular complexity index is 381. The molecule has 0 radical (unpaired) electrons. The van der Waals surface area contributed by atoms with E-state index in [9.17, 15) is 0 Å². The minimum atomic E-state index is 0.310. The first-order valence-corrected chi connectivity index (χ1v) is 4.64. The predicted molar refractivity (Wildman–Crippen MR) is 54.5 cm³/mol. The number of nitrogens with one attached hydrogen (secondary N) is 1. The number of methoxy groups -OCH3 is 1. The summed E-state index contributed by atoms with van der Waals surface area (Å²) in [5, 5.41) is 11.9. The number of ether oxygens (including phenoxy) is 1. The molecular weight excluding hydrogens is 176 g/mol. The maximum absolute atomic E-state index is 8.67. The molecule has 1 aromatic rings. The number of anilines is 1. The molecule has 0 saturated heterocycles. The zero-order chi connectivity index (χ0) is 9.97. The predicted octanol–water partition coefficient (Wildman–Crippen LogP) is 2.12. The normalized spacial score (nSPS) is 18.1. The van der Waals surface area contributed by atoms with Gasteiger partial charge in [-0.2, -0.15) is 5.26 Å². The molecule has 2 rings (SSSR count). The van der Waals surface area contributed by atoms with Crippen molar-refractivity contribution in [2.45, 2.75) is 12.3 Å². The second-order valence-corrected chi connectivity index (χ2v) is 3.36. The lowest BCUT2D eigenvalue weighted by Crippen LogP contribution is -2.00. The third kappa shape index (κ3) is 1.29. The Morgan fingerprint density at radius 2 is 2.50 bits per heavy atom. The van der Waals surface area contributed by atoms with E-state index in [4.69, 9.17) is 10.00 Å². The lowest BCUT2D eigenvalue weighted by molar-refractivity contribution is 0.416. The van der Waals surface area contributed by atoms with E-state index in [1.165, 1.54) is 5.56 Å². The van der Waals surface area contributed by atoms with Crippen LogP contribution in [0.3, 0.4) is 0 Å². The highest BCUT2D eigenvalue weighted by Crippen LogP contribution is 2.39. The minimum absolute atomic E-state index is 0.310. The molecule has 0 fully saturated rings. The molecule has 3 nitrogen and oxygen atoms in total. The van der Waals surface area contributed by atoms with Gasteiger partial charge in [-0.3, -0.25) is 0 Å². The van der Waals surface area contributed by atoms with Gasteiger partial charge in [-0.15, -0.1) is 0 Å². The van der Waals surface area contributed by atoms with Gasteiger partial charge in [0.05, 0.1) is 18.9 Å². The molecule has 0 spiro atoms. The molecule has 0 amide bonds. The van der Waals surface area contributed by atoms with E-state index in [1.54, 1.807) is 7.11 Å². The van der Waals surface area contributed by atoms with Crippen LogP contribution in [0, 0.1) is 11.3 Å². The quantitative estimate of drug-likeness (QED) is 0.773. The number of hydrogen-bond donors (Lipinski definition) is 1. The van der Waals surface area contributed by atoms with Crippen LogP contribution in [0.15, 0.2) is 18.2 Å². The highest BCUT2D eigenvalue weighted by Gasteiger charge is 2.24. The van der Waals surface area contributed by atoms with Crippen LogP contribution in [0.4, 0.5) is 5.69 Å². The van der Waals surface area contributed by atoms with Gasteiger partial charge in [0.25, 0.3) is 0 Å². The molecule has 0 saturated carbocycles. The summed E-state index contributed by atoms with van der Waals surface area (Å²) in [5.41, 5.74) is 2.25. The van der Waals surface area contributed by atoms with Crippen LogP contribution in [0.2, 0.25) is 0 Å². The SMILES string of the molecule is COc1cccc2c1NCC2CC#N. The molecular formula is C11H12N2O. The molecule has 1 N–H and O–H groups in total. The van der Waals surface area contributed by atoms with Crippen LogP contribution in [-0.2, 0) is 0 Å². The van der Waals surface area contributed by atoms with E-state index in [1.807, 2.05) is 12.1 Å².